The van der Waals surface area contributed by atoms with Crippen molar-refractivity contribution in [1.29, 1.82) is 0 Å². The molecule has 0 aliphatic heterocycles. The first-order valence-electron chi connectivity index (χ1n) is 4.70. The van der Waals surface area contributed by atoms with Gasteiger partial charge in [0.15, 0.2) is 0 Å². The van der Waals surface area contributed by atoms with Gasteiger partial charge in [0, 0.05) is 0 Å². The normalized spacial score (nSPS) is 14.2. The van der Waals surface area contributed by atoms with E-state index in [0.29, 0.717) is 11.3 Å². The van der Waals surface area contributed by atoms with E-state index in [0.717, 1.165) is 0 Å². The van der Waals surface area contributed by atoms with E-state index in [1.165, 1.54) is 5.56 Å². The fraction of sp³-hybridized carbons (Fsp3) is 0.455. The van der Waals surface area contributed by atoms with Gasteiger partial charge in [0.2, 0.25) is 0 Å². The smallest absolute Gasteiger partial charge is 0.115 e. The molecule has 72 valence electrons. The zero-order chi connectivity index (χ0) is 10.1. The van der Waals surface area contributed by atoms with Gasteiger partial charge in [-0.25, -0.2) is 0 Å². The number of phenols is 1. The highest BCUT2D eigenvalue weighted by Crippen LogP contribution is 2.27. The first kappa shape index (κ1) is 10.3. The van der Waals surface area contributed by atoms with Crippen molar-refractivity contribution < 1.29 is 5.11 Å². The molecule has 1 nitrogen and oxygen atoms in total. The number of rotatable bonds is 2. The van der Waals surface area contributed by atoms with E-state index in [1.807, 2.05) is 12.1 Å². The second kappa shape index (κ2) is 3.54. The molecule has 0 radical (unpaired) electrons. The molecule has 0 aromatic heterocycles. The predicted molar refractivity (Wildman–Crippen MR) is 59.9 cm³/mol. The lowest BCUT2D eigenvalue weighted by Gasteiger charge is -2.25. The third-order valence-corrected chi connectivity index (χ3v) is 5.62. The Hall–Kier alpha value is -0.763. The van der Waals surface area contributed by atoms with Gasteiger partial charge < -0.3 is 5.11 Å². The van der Waals surface area contributed by atoms with Crippen LogP contribution in [0.25, 0.3) is 0 Å². The molecule has 0 bridgehead atoms. The maximum atomic E-state index is 9.15. The summed E-state index contributed by atoms with van der Waals surface area (Å²) in [7, 11) is -1.10. The molecule has 0 amide bonds. The van der Waals surface area contributed by atoms with Gasteiger partial charge in [-0.2, -0.15) is 0 Å². The lowest BCUT2D eigenvalue weighted by molar-refractivity contribution is 0.475. The van der Waals surface area contributed by atoms with Gasteiger partial charge in [0.05, 0.1) is 8.07 Å². The molecule has 1 aromatic carbocycles. The predicted octanol–water partition coefficient (Wildman–Crippen LogP) is 3.37. The molecule has 1 rings (SSSR count). The Kier molecular flexibility index (Phi) is 2.81. The maximum Gasteiger partial charge on any atom is 0.115 e. The molecule has 0 fully saturated rings. The molecule has 0 heterocycles. The van der Waals surface area contributed by atoms with Gasteiger partial charge in [-0.05, 0) is 23.2 Å². The largest absolute Gasteiger partial charge is 0.508 e. The molecule has 1 N–H and O–H groups in total. The third kappa shape index (κ3) is 2.59. The van der Waals surface area contributed by atoms with Crippen molar-refractivity contribution in [2.75, 3.05) is 0 Å². The highest BCUT2D eigenvalue weighted by Gasteiger charge is 2.23. The van der Waals surface area contributed by atoms with E-state index >= 15 is 0 Å². The SMILES string of the molecule is CC(c1ccc(O)cc1)[Si](C)(C)C. The molecule has 13 heavy (non-hydrogen) atoms. The first-order chi connectivity index (χ1) is 5.91. The standard InChI is InChI=1S/C11H18OSi/c1-9(13(2,3)4)10-5-7-11(12)8-6-10/h5-9,12H,1-4H3. The van der Waals surface area contributed by atoms with Gasteiger partial charge in [0.25, 0.3) is 0 Å². The number of hydrogen-bond donors (Lipinski definition) is 1. The van der Waals surface area contributed by atoms with Crippen LogP contribution >= 0.6 is 0 Å². The molecule has 0 aliphatic carbocycles. The summed E-state index contributed by atoms with van der Waals surface area (Å²) in [4.78, 5) is 0. The van der Waals surface area contributed by atoms with E-state index in [9.17, 15) is 0 Å². The number of phenolic OH excluding ortho intramolecular Hbond substituents is 1. The van der Waals surface area contributed by atoms with Crippen LogP contribution in [-0.2, 0) is 0 Å². The Bertz CT molecular complexity index is 271. The van der Waals surface area contributed by atoms with E-state index < -0.39 is 8.07 Å². The average Bonchev–Trinajstić information content (AvgIpc) is 2.03. The third-order valence-electron chi connectivity index (χ3n) is 2.69. The number of benzene rings is 1. The lowest BCUT2D eigenvalue weighted by Crippen LogP contribution is -2.28. The second-order valence-corrected chi connectivity index (χ2v) is 10.3. The van der Waals surface area contributed by atoms with Crippen molar-refractivity contribution in [2.45, 2.75) is 32.1 Å². The average molecular weight is 194 g/mol. The minimum atomic E-state index is -1.10. The van der Waals surface area contributed by atoms with Gasteiger partial charge in [-0.15, -0.1) is 0 Å². The van der Waals surface area contributed by atoms with E-state index in [-0.39, 0.29) is 0 Å². The summed E-state index contributed by atoms with van der Waals surface area (Å²) in [6, 6.07) is 7.59. The summed E-state index contributed by atoms with van der Waals surface area (Å²) in [6.45, 7) is 9.37. The summed E-state index contributed by atoms with van der Waals surface area (Å²) in [6.07, 6.45) is 0. The van der Waals surface area contributed by atoms with E-state index in [4.69, 9.17) is 5.11 Å². The van der Waals surface area contributed by atoms with Gasteiger partial charge >= 0.3 is 0 Å². The Morgan fingerprint density at radius 3 is 1.92 bits per heavy atom. The van der Waals surface area contributed by atoms with Crippen molar-refractivity contribution in [1.82, 2.24) is 0 Å². The van der Waals surface area contributed by atoms with Crippen molar-refractivity contribution in [3.8, 4) is 5.75 Å². The minimum absolute atomic E-state index is 0.353. The zero-order valence-corrected chi connectivity index (χ0v) is 9.83. The van der Waals surface area contributed by atoms with Crippen LogP contribution in [-0.4, -0.2) is 13.2 Å². The van der Waals surface area contributed by atoms with Crippen molar-refractivity contribution in [2.24, 2.45) is 0 Å². The Morgan fingerprint density at radius 2 is 1.54 bits per heavy atom. The highest BCUT2D eigenvalue weighted by atomic mass is 28.3. The van der Waals surface area contributed by atoms with Crippen LogP contribution in [0.4, 0.5) is 0 Å². The Morgan fingerprint density at radius 1 is 1.08 bits per heavy atom. The topological polar surface area (TPSA) is 20.2 Å². The second-order valence-electron chi connectivity index (χ2n) is 4.68. The summed E-state index contributed by atoms with van der Waals surface area (Å²) in [5.74, 6) is 0.353. The minimum Gasteiger partial charge on any atom is -0.508 e. The molecule has 1 aromatic rings. The molecule has 0 saturated carbocycles. The monoisotopic (exact) mass is 194 g/mol. The lowest BCUT2D eigenvalue weighted by atomic mass is 10.1. The fourth-order valence-electron chi connectivity index (χ4n) is 1.26. The fourth-order valence-corrected chi connectivity index (χ4v) is 2.46. The first-order valence-corrected chi connectivity index (χ1v) is 8.28. The quantitative estimate of drug-likeness (QED) is 0.716. The van der Waals surface area contributed by atoms with E-state index in [2.05, 4.69) is 26.6 Å². The van der Waals surface area contributed by atoms with Gasteiger partial charge in [-0.1, -0.05) is 38.7 Å². The highest BCUT2D eigenvalue weighted by molar-refractivity contribution is 6.77. The van der Waals surface area contributed by atoms with Crippen LogP contribution in [0.3, 0.4) is 0 Å². The summed E-state index contributed by atoms with van der Waals surface area (Å²) in [5.41, 5.74) is 1.99. The van der Waals surface area contributed by atoms with Gasteiger partial charge in [0.1, 0.15) is 5.75 Å². The van der Waals surface area contributed by atoms with Crippen LogP contribution in [0.2, 0.25) is 19.6 Å². The Labute approximate surface area is 81.4 Å². The molecule has 2 heteroatoms. The summed E-state index contributed by atoms with van der Waals surface area (Å²) in [5, 5.41) is 9.15. The molecule has 1 unspecified atom stereocenters. The zero-order valence-electron chi connectivity index (χ0n) is 8.83. The van der Waals surface area contributed by atoms with Crippen molar-refractivity contribution >= 4 is 8.07 Å². The van der Waals surface area contributed by atoms with Crippen LogP contribution in [0.15, 0.2) is 24.3 Å². The number of hydrogen-bond acceptors (Lipinski definition) is 1. The molecule has 0 saturated heterocycles. The van der Waals surface area contributed by atoms with Crippen LogP contribution < -0.4 is 0 Å². The number of aromatic hydroxyl groups is 1. The van der Waals surface area contributed by atoms with Gasteiger partial charge in [-0.3, -0.25) is 0 Å². The molecular weight excluding hydrogens is 176 g/mol. The Balaban J connectivity index is 2.90. The van der Waals surface area contributed by atoms with Crippen LogP contribution in [0.1, 0.15) is 18.0 Å². The van der Waals surface area contributed by atoms with Crippen LogP contribution in [0, 0.1) is 0 Å². The van der Waals surface area contributed by atoms with E-state index in [1.54, 1.807) is 12.1 Å². The summed E-state index contributed by atoms with van der Waals surface area (Å²) < 4.78 is 0. The van der Waals surface area contributed by atoms with Crippen LogP contribution in [0.5, 0.6) is 5.75 Å². The summed E-state index contributed by atoms with van der Waals surface area (Å²) >= 11 is 0. The van der Waals surface area contributed by atoms with Crippen molar-refractivity contribution in [3.63, 3.8) is 0 Å². The maximum absolute atomic E-state index is 9.15. The molecule has 0 spiro atoms. The molecular formula is C11H18OSi. The van der Waals surface area contributed by atoms with Crippen molar-refractivity contribution in [3.05, 3.63) is 29.8 Å². The molecule has 1 atom stereocenters. The molecule has 0 aliphatic rings.